The monoisotopic (exact) mass is 196 g/mol. The second-order valence-corrected chi connectivity index (χ2v) is 3.80. The van der Waals surface area contributed by atoms with Gasteiger partial charge in [0.15, 0.2) is 6.29 Å². The number of carbonyl (C=O) groups is 1. The summed E-state index contributed by atoms with van der Waals surface area (Å²) in [7, 11) is 0. The zero-order valence-corrected chi connectivity index (χ0v) is 8.39. The zero-order chi connectivity index (χ0) is 9.68. The fourth-order valence-electron chi connectivity index (χ4n) is 0.815. The summed E-state index contributed by atoms with van der Waals surface area (Å²) in [5, 5.41) is 1.84. The molecule has 0 aromatic carbocycles. The molecule has 0 aliphatic heterocycles. The Morgan fingerprint density at radius 2 is 2.54 bits per heavy atom. The molecule has 1 rings (SSSR count). The van der Waals surface area contributed by atoms with E-state index in [-0.39, 0.29) is 0 Å². The Hall–Kier alpha value is -1.09. The predicted molar refractivity (Wildman–Crippen MR) is 54.6 cm³/mol. The van der Waals surface area contributed by atoms with Crippen LogP contribution in [0.2, 0.25) is 0 Å². The van der Waals surface area contributed by atoms with Crippen LogP contribution in [0, 0.1) is 0 Å². The maximum Gasteiger partial charge on any atom is 0.160 e. The molecule has 0 aliphatic rings. The number of aldehydes is 1. The normalized spacial score (nSPS) is 9.62. The Labute approximate surface area is 81.8 Å². The molecule has 0 amide bonds. The van der Waals surface area contributed by atoms with Crippen LogP contribution < -0.4 is 4.74 Å². The van der Waals surface area contributed by atoms with Gasteiger partial charge in [0.05, 0.1) is 11.5 Å². The second-order valence-electron chi connectivity index (χ2n) is 2.86. The number of ether oxygens (including phenoxy) is 1. The van der Waals surface area contributed by atoms with E-state index in [0.29, 0.717) is 11.5 Å². The smallest absolute Gasteiger partial charge is 0.160 e. The van der Waals surface area contributed by atoms with Crippen molar-refractivity contribution in [2.45, 2.75) is 13.3 Å². The summed E-state index contributed by atoms with van der Waals surface area (Å²) < 4.78 is 5.39. The van der Waals surface area contributed by atoms with Gasteiger partial charge in [-0.3, -0.25) is 4.79 Å². The maximum atomic E-state index is 10.3. The highest BCUT2D eigenvalue weighted by atomic mass is 32.1. The van der Waals surface area contributed by atoms with E-state index in [1.807, 2.05) is 12.3 Å². The molecular formula is C10H12O2S. The van der Waals surface area contributed by atoms with Crippen LogP contribution in [0.1, 0.15) is 23.0 Å². The minimum atomic E-state index is 0.629. The van der Waals surface area contributed by atoms with Crippen LogP contribution in [0.15, 0.2) is 23.6 Å². The molecule has 2 nitrogen and oxygen atoms in total. The summed E-state index contributed by atoms with van der Waals surface area (Å²) in [5.41, 5.74) is 1.10. The van der Waals surface area contributed by atoms with E-state index >= 15 is 0 Å². The third-order valence-corrected chi connectivity index (χ3v) is 2.35. The van der Waals surface area contributed by atoms with E-state index in [0.717, 1.165) is 24.0 Å². The van der Waals surface area contributed by atoms with Crippen LogP contribution in [-0.2, 0) is 0 Å². The molecule has 0 N–H and O–H groups in total. The van der Waals surface area contributed by atoms with E-state index in [2.05, 4.69) is 6.58 Å². The first kappa shape index (κ1) is 9.99. The third-order valence-electron chi connectivity index (χ3n) is 1.51. The molecule has 0 radical (unpaired) electrons. The number of hydrogen-bond acceptors (Lipinski definition) is 3. The Morgan fingerprint density at radius 3 is 3.08 bits per heavy atom. The van der Waals surface area contributed by atoms with Crippen LogP contribution in [0.25, 0.3) is 0 Å². The average Bonchev–Trinajstić information content (AvgIpc) is 2.52. The summed E-state index contributed by atoms with van der Waals surface area (Å²) in [6.07, 6.45) is 1.68. The van der Waals surface area contributed by atoms with Gasteiger partial charge in [-0.15, -0.1) is 17.9 Å². The number of hydrogen-bond donors (Lipinski definition) is 0. The Bertz CT molecular complexity index is 302. The first-order valence-corrected chi connectivity index (χ1v) is 4.91. The Morgan fingerprint density at radius 1 is 1.77 bits per heavy atom. The van der Waals surface area contributed by atoms with Crippen molar-refractivity contribution in [1.29, 1.82) is 0 Å². The lowest BCUT2D eigenvalue weighted by molar-refractivity contribution is 0.112. The van der Waals surface area contributed by atoms with E-state index in [1.54, 1.807) is 6.07 Å². The number of carbonyl (C=O) groups excluding carboxylic acids is 1. The predicted octanol–water partition coefficient (Wildman–Crippen LogP) is 2.91. The molecule has 0 unspecified atom stereocenters. The van der Waals surface area contributed by atoms with E-state index < -0.39 is 0 Å². The summed E-state index contributed by atoms with van der Waals surface area (Å²) in [5.74, 6) is 0.772. The van der Waals surface area contributed by atoms with Gasteiger partial charge in [-0.2, -0.15) is 0 Å². The molecule has 1 heterocycles. The molecular weight excluding hydrogens is 184 g/mol. The maximum absolute atomic E-state index is 10.3. The van der Waals surface area contributed by atoms with Crippen molar-refractivity contribution in [3.8, 4) is 5.75 Å². The number of thiophene rings is 1. The van der Waals surface area contributed by atoms with Gasteiger partial charge < -0.3 is 4.74 Å². The van der Waals surface area contributed by atoms with Crippen molar-refractivity contribution in [2.75, 3.05) is 6.61 Å². The highest BCUT2D eigenvalue weighted by Crippen LogP contribution is 2.20. The van der Waals surface area contributed by atoms with Crippen molar-refractivity contribution in [3.63, 3.8) is 0 Å². The molecule has 0 fully saturated rings. The van der Waals surface area contributed by atoms with Crippen molar-refractivity contribution in [2.24, 2.45) is 0 Å². The molecule has 0 saturated carbocycles. The van der Waals surface area contributed by atoms with Crippen LogP contribution in [-0.4, -0.2) is 12.9 Å². The molecule has 1 aromatic rings. The van der Waals surface area contributed by atoms with Gasteiger partial charge in [0.2, 0.25) is 0 Å². The van der Waals surface area contributed by atoms with Crippen LogP contribution in [0.4, 0.5) is 0 Å². The van der Waals surface area contributed by atoms with E-state index in [1.165, 1.54) is 11.3 Å². The van der Waals surface area contributed by atoms with Gasteiger partial charge in [-0.25, -0.2) is 0 Å². The van der Waals surface area contributed by atoms with Crippen molar-refractivity contribution >= 4 is 17.6 Å². The Balaban J connectivity index is 2.36. The topological polar surface area (TPSA) is 26.3 Å². The second kappa shape index (κ2) is 4.82. The van der Waals surface area contributed by atoms with E-state index in [9.17, 15) is 4.79 Å². The highest BCUT2D eigenvalue weighted by molar-refractivity contribution is 7.11. The minimum Gasteiger partial charge on any atom is -0.492 e. The number of rotatable bonds is 5. The van der Waals surface area contributed by atoms with Crippen molar-refractivity contribution in [1.82, 2.24) is 0 Å². The first-order chi connectivity index (χ1) is 6.22. The van der Waals surface area contributed by atoms with Gasteiger partial charge >= 0.3 is 0 Å². The molecule has 0 saturated heterocycles. The standard InChI is InChI=1S/C10H12O2S/c1-8(2)3-4-12-9-5-10(6-11)13-7-9/h5-7H,1,3-4H2,2H3. The lowest BCUT2D eigenvalue weighted by Gasteiger charge is -2.01. The van der Waals surface area contributed by atoms with Gasteiger partial charge in [0.1, 0.15) is 5.75 Å². The third kappa shape index (κ3) is 3.42. The molecule has 0 aliphatic carbocycles. The van der Waals surface area contributed by atoms with Gasteiger partial charge in [0.25, 0.3) is 0 Å². The molecule has 13 heavy (non-hydrogen) atoms. The van der Waals surface area contributed by atoms with Gasteiger partial charge in [0, 0.05) is 17.9 Å². The fourth-order valence-corrected chi connectivity index (χ4v) is 1.44. The Kier molecular flexibility index (Phi) is 3.71. The van der Waals surface area contributed by atoms with Gasteiger partial charge in [-0.05, 0) is 6.92 Å². The van der Waals surface area contributed by atoms with Gasteiger partial charge in [-0.1, -0.05) is 5.57 Å². The molecule has 0 bridgehead atoms. The lowest BCUT2D eigenvalue weighted by Crippen LogP contribution is -1.95. The first-order valence-electron chi connectivity index (χ1n) is 4.03. The summed E-state index contributed by atoms with van der Waals surface area (Å²) >= 11 is 1.39. The van der Waals surface area contributed by atoms with E-state index in [4.69, 9.17) is 4.74 Å². The largest absolute Gasteiger partial charge is 0.492 e. The summed E-state index contributed by atoms with van der Waals surface area (Å²) in [4.78, 5) is 11.0. The van der Waals surface area contributed by atoms with Crippen molar-refractivity contribution < 1.29 is 9.53 Å². The SMILES string of the molecule is C=C(C)CCOc1csc(C=O)c1. The van der Waals surface area contributed by atoms with Crippen LogP contribution >= 0.6 is 11.3 Å². The lowest BCUT2D eigenvalue weighted by atomic mass is 10.3. The fraction of sp³-hybridized carbons (Fsp3) is 0.300. The molecule has 0 atom stereocenters. The molecule has 0 spiro atoms. The zero-order valence-electron chi connectivity index (χ0n) is 7.58. The molecule has 70 valence electrons. The molecule has 1 aromatic heterocycles. The van der Waals surface area contributed by atoms with Crippen LogP contribution in [0.3, 0.4) is 0 Å². The quantitative estimate of drug-likeness (QED) is 0.534. The summed E-state index contributed by atoms with van der Waals surface area (Å²) in [6, 6.07) is 1.75. The highest BCUT2D eigenvalue weighted by Gasteiger charge is 1.98. The van der Waals surface area contributed by atoms with Crippen molar-refractivity contribution in [3.05, 3.63) is 28.5 Å². The van der Waals surface area contributed by atoms with Crippen LogP contribution in [0.5, 0.6) is 5.75 Å². The average molecular weight is 196 g/mol. The minimum absolute atomic E-state index is 0.629. The molecule has 3 heteroatoms. The summed E-state index contributed by atoms with van der Waals surface area (Å²) in [6.45, 7) is 6.37.